The van der Waals surface area contributed by atoms with Crippen LogP contribution in [0.2, 0.25) is 0 Å². The van der Waals surface area contributed by atoms with Crippen LogP contribution in [0.5, 0.6) is 0 Å². The van der Waals surface area contributed by atoms with Gasteiger partial charge in [-0.15, -0.1) is 0 Å². The van der Waals surface area contributed by atoms with Crippen molar-refractivity contribution in [3.63, 3.8) is 0 Å². The molecule has 2 N–H and O–H groups in total. The van der Waals surface area contributed by atoms with Crippen molar-refractivity contribution in [1.29, 1.82) is 0 Å². The van der Waals surface area contributed by atoms with Gasteiger partial charge in [0.05, 0.1) is 18.2 Å². The molecule has 8 nitrogen and oxygen atoms in total. The van der Waals surface area contributed by atoms with Gasteiger partial charge in [-0.1, -0.05) is 18.2 Å². The number of para-hydroxylation sites is 1. The quantitative estimate of drug-likeness (QED) is 0.481. The lowest BCUT2D eigenvalue weighted by molar-refractivity contribution is 0.0596. The first-order valence-electron chi connectivity index (χ1n) is 9.58. The predicted molar refractivity (Wildman–Crippen MR) is 116 cm³/mol. The Balaban J connectivity index is 1.65. The number of rotatable bonds is 6. The van der Waals surface area contributed by atoms with Gasteiger partial charge in [-0.3, -0.25) is 9.89 Å². The number of fused-ring (bicyclic) bond motifs is 2. The van der Waals surface area contributed by atoms with Crippen LogP contribution in [0.1, 0.15) is 20.8 Å². The van der Waals surface area contributed by atoms with Gasteiger partial charge in [-0.05, 0) is 38.4 Å². The molecule has 0 fully saturated rings. The van der Waals surface area contributed by atoms with Crippen LogP contribution in [0.15, 0.2) is 48.7 Å². The lowest BCUT2D eigenvalue weighted by atomic mass is 10.1. The van der Waals surface area contributed by atoms with Crippen molar-refractivity contribution < 1.29 is 14.3 Å². The summed E-state index contributed by atoms with van der Waals surface area (Å²) in [5, 5.41) is 11.2. The molecule has 0 radical (unpaired) electrons. The van der Waals surface area contributed by atoms with Gasteiger partial charge in [0.2, 0.25) is 0 Å². The minimum absolute atomic E-state index is 0.184. The molecule has 0 aliphatic heterocycles. The van der Waals surface area contributed by atoms with E-state index >= 15 is 0 Å². The molecule has 0 saturated heterocycles. The average molecular weight is 405 g/mol. The van der Waals surface area contributed by atoms with E-state index in [1.54, 1.807) is 18.2 Å². The topological polar surface area (TPSA) is 92.2 Å². The van der Waals surface area contributed by atoms with Crippen molar-refractivity contribution in [3.05, 3.63) is 59.9 Å². The molecule has 1 amide bonds. The maximum atomic E-state index is 13.1. The number of hydrogen-bond donors (Lipinski definition) is 2. The number of anilines is 1. The van der Waals surface area contributed by atoms with Gasteiger partial charge in [-0.2, -0.15) is 5.10 Å². The van der Waals surface area contributed by atoms with Crippen molar-refractivity contribution >= 4 is 39.4 Å². The molecule has 2 heterocycles. The molecule has 0 unspecified atom stereocenters. The molecule has 0 saturated carbocycles. The summed E-state index contributed by atoms with van der Waals surface area (Å²) < 4.78 is 6.86. The van der Waals surface area contributed by atoms with Crippen molar-refractivity contribution in [2.45, 2.75) is 6.54 Å². The van der Waals surface area contributed by atoms with E-state index in [4.69, 9.17) is 4.74 Å². The third-order valence-corrected chi connectivity index (χ3v) is 5.02. The van der Waals surface area contributed by atoms with Crippen molar-refractivity contribution in [1.82, 2.24) is 19.7 Å². The molecule has 30 heavy (non-hydrogen) atoms. The maximum Gasteiger partial charge on any atom is 0.359 e. The van der Waals surface area contributed by atoms with Gasteiger partial charge in [0.15, 0.2) is 5.69 Å². The van der Waals surface area contributed by atoms with Crippen LogP contribution < -0.4 is 5.32 Å². The summed E-state index contributed by atoms with van der Waals surface area (Å²) in [6, 6.07) is 13.1. The fourth-order valence-corrected chi connectivity index (χ4v) is 3.46. The molecule has 4 rings (SSSR count). The fraction of sp³-hybridized carbons (Fsp3) is 0.227. The van der Waals surface area contributed by atoms with E-state index in [0.717, 1.165) is 24.0 Å². The molecule has 2 aromatic heterocycles. The van der Waals surface area contributed by atoms with Crippen LogP contribution in [-0.2, 0) is 11.3 Å². The van der Waals surface area contributed by atoms with Crippen LogP contribution in [0.4, 0.5) is 5.69 Å². The predicted octanol–water partition coefficient (Wildman–Crippen LogP) is 3.12. The highest BCUT2D eigenvalue weighted by Crippen LogP contribution is 2.25. The Hall–Kier alpha value is -3.65. The molecule has 0 aliphatic carbocycles. The number of carbonyl (C=O) groups is 2. The molecular weight excluding hydrogens is 382 g/mol. The number of methoxy groups -OCH3 is 1. The highest BCUT2D eigenvalue weighted by atomic mass is 16.5. The Morgan fingerprint density at radius 3 is 2.73 bits per heavy atom. The van der Waals surface area contributed by atoms with Crippen LogP contribution in [-0.4, -0.2) is 59.3 Å². The lowest BCUT2D eigenvalue weighted by Gasteiger charge is -2.10. The van der Waals surface area contributed by atoms with E-state index < -0.39 is 5.97 Å². The molecule has 4 aromatic rings. The number of carbonyl (C=O) groups excluding carboxylic acids is 2. The zero-order valence-corrected chi connectivity index (χ0v) is 17.1. The highest BCUT2D eigenvalue weighted by Gasteiger charge is 2.18. The zero-order valence-electron chi connectivity index (χ0n) is 17.1. The number of amides is 1. The van der Waals surface area contributed by atoms with E-state index in [1.165, 1.54) is 7.11 Å². The smallest absolute Gasteiger partial charge is 0.359 e. The number of benzene rings is 2. The Morgan fingerprint density at radius 1 is 1.17 bits per heavy atom. The van der Waals surface area contributed by atoms with Gasteiger partial charge < -0.3 is 19.5 Å². The van der Waals surface area contributed by atoms with Gasteiger partial charge in [-0.25, -0.2) is 4.79 Å². The number of H-pyrrole nitrogens is 1. The van der Waals surface area contributed by atoms with Crippen LogP contribution in [0, 0.1) is 0 Å². The molecule has 8 heteroatoms. The number of hydrogen-bond acceptors (Lipinski definition) is 5. The first-order valence-corrected chi connectivity index (χ1v) is 9.58. The van der Waals surface area contributed by atoms with E-state index in [1.807, 2.05) is 44.6 Å². The highest BCUT2D eigenvalue weighted by molar-refractivity contribution is 6.13. The number of likely N-dealkylation sites (N-methyl/N-ethyl adjacent to an activating group) is 1. The second kappa shape index (κ2) is 8.00. The number of aromatic amines is 1. The van der Waals surface area contributed by atoms with Gasteiger partial charge in [0.25, 0.3) is 5.91 Å². The molecule has 154 valence electrons. The molecule has 0 atom stereocenters. The van der Waals surface area contributed by atoms with E-state index in [9.17, 15) is 9.59 Å². The average Bonchev–Trinajstić information content (AvgIpc) is 3.33. The van der Waals surface area contributed by atoms with Crippen molar-refractivity contribution in [2.24, 2.45) is 0 Å². The Morgan fingerprint density at radius 2 is 1.97 bits per heavy atom. The number of ether oxygens (including phenoxy) is 1. The zero-order chi connectivity index (χ0) is 21.3. The van der Waals surface area contributed by atoms with E-state index in [2.05, 4.69) is 25.0 Å². The van der Waals surface area contributed by atoms with Gasteiger partial charge in [0, 0.05) is 41.3 Å². The molecular formula is C22H23N5O3. The number of esters is 1. The van der Waals surface area contributed by atoms with Gasteiger partial charge in [0.1, 0.15) is 0 Å². The first-order chi connectivity index (χ1) is 14.5. The fourth-order valence-electron chi connectivity index (χ4n) is 3.46. The minimum Gasteiger partial charge on any atom is -0.464 e. The molecule has 0 spiro atoms. The van der Waals surface area contributed by atoms with Crippen molar-refractivity contribution in [2.75, 3.05) is 33.1 Å². The molecule has 0 aliphatic rings. The Kier molecular flexibility index (Phi) is 5.24. The molecule has 0 bridgehead atoms. The van der Waals surface area contributed by atoms with E-state index in [-0.39, 0.29) is 11.6 Å². The third kappa shape index (κ3) is 3.65. The normalized spacial score (nSPS) is 11.3. The first kappa shape index (κ1) is 19.7. The standard InChI is InChI=1S/C22H23N5O3/c1-26(2)10-11-27-13-17(15-6-4-5-7-19(15)27)21(28)23-14-8-9-18-16(12-14)20(25-24-18)22(29)30-3/h4-9,12-13H,10-11H2,1-3H3,(H,23,28)(H,24,25). The number of nitrogens with zero attached hydrogens (tertiary/aromatic N) is 3. The summed E-state index contributed by atoms with van der Waals surface area (Å²) >= 11 is 0. The summed E-state index contributed by atoms with van der Waals surface area (Å²) in [4.78, 5) is 27.1. The monoisotopic (exact) mass is 405 g/mol. The Labute approximate surface area is 173 Å². The van der Waals surface area contributed by atoms with Crippen LogP contribution in [0.25, 0.3) is 21.8 Å². The Bertz CT molecular complexity index is 1240. The van der Waals surface area contributed by atoms with Crippen molar-refractivity contribution in [3.8, 4) is 0 Å². The summed E-state index contributed by atoms with van der Waals surface area (Å²) in [5.41, 5.74) is 3.06. The number of aromatic nitrogens is 3. The second-order valence-electron chi connectivity index (χ2n) is 7.33. The van der Waals surface area contributed by atoms with Crippen LogP contribution >= 0.6 is 0 Å². The summed E-state index contributed by atoms with van der Waals surface area (Å²) in [7, 11) is 5.35. The SMILES string of the molecule is COC(=O)c1n[nH]c2ccc(NC(=O)c3cn(CCN(C)C)c4ccccc34)cc12. The lowest BCUT2D eigenvalue weighted by Crippen LogP contribution is -2.18. The van der Waals surface area contributed by atoms with Crippen LogP contribution in [0.3, 0.4) is 0 Å². The molecule has 2 aromatic carbocycles. The van der Waals surface area contributed by atoms with Gasteiger partial charge >= 0.3 is 5.97 Å². The maximum absolute atomic E-state index is 13.1. The number of nitrogens with one attached hydrogen (secondary N) is 2. The summed E-state index contributed by atoms with van der Waals surface area (Å²) in [5.74, 6) is -0.744. The minimum atomic E-state index is -0.534. The summed E-state index contributed by atoms with van der Waals surface area (Å²) in [6.45, 7) is 1.65. The van der Waals surface area contributed by atoms with E-state index in [0.29, 0.717) is 22.2 Å². The summed E-state index contributed by atoms with van der Waals surface area (Å²) in [6.07, 6.45) is 1.89. The third-order valence-electron chi connectivity index (χ3n) is 5.02. The second-order valence-corrected chi connectivity index (χ2v) is 7.33. The largest absolute Gasteiger partial charge is 0.464 e.